The molecule has 9 nitrogen and oxygen atoms in total. The number of primary sulfonamides is 1. The first-order valence-corrected chi connectivity index (χ1v) is 10.5. The van der Waals surface area contributed by atoms with Crippen molar-refractivity contribution in [2.75, 3.05) is 17.7 Å². The minimum atomic E-state index is -3.84. The maximum atomic E-state index is 12.4. The molecule has 0 unspecified atom stereocenters. The fraction of sp³-hybridized carbons (Fsp3) is 0.0556. The Morgan fingerprint density at radius 1 is 1.03 bits per heavy atom. The van der Waals surface area contributed by atoms with Crippen molar-refractivity contribution >= 4 is 44.0 Å². The van der Waals surface area contributed by atoms with Crippen molar-refractivity contribution in [3.8, 4) is 5.75 Å². The highest BCUT2D eigenvalue weighted by Crippen LogP contribution is 2.24. The molecule has 150 valence electrons. The van der Waals surface area contributed by atoms with Crippen LogP contribution in [0.25, 0.3) is 0 Å². The molecule has 0 radical (unpaired) electrons. The van der Waals surface area contributed by atoms with Gasteiger partial charge in [0.15, 0.2) is 5.13 Å². The molecule has 2 aromatic carbocycles. The quantitative estimate of drug-likeness (QED) is 0.546. The van der Waals surface area contributed by atoms with E-state index in [4.69, 9.17) is 9.88 Å². The first-order valence-electron chi connectivity index (χ1n) is 8.12. The number of nitrogens with one attached hydrogen (secondary N) is 2. The van der Waals surface area contributed by atoms with E-state index >= 15 is 0 Å². The number of anilines is 2. The Bertz CT molecular complexity index is 1160. The van der Waals surface area contributed by atoms with Crippen molar-refractivity contribution in [3.05, 3.63) is 65.2 Å². The molecule has 0 spiro atoms. The van der Waals surface area contributed by atoms with Crippen molar-refractivity contribution in [1.29, 1.82) is 0 Å². The molecule has 0 aliphatic heterocycles. The van der Waals surface area contributed by atoms with E-state index in [0.717, 1.165) is 11.3 Å². The molecule has 0 aliphatic carbocycles. The third kappa shape index (κ3) is 4.96. The van der Waals surface area contributed by atoms with Gasteiger partial charge in [0.25, 0.3) is 11.8 Å². The summed E-state index contributed by atoms with van der Waals surface area (Å²) < 4.78 is 27.7. The van der Waals surface area contributed by atoms with Crippen LogP contribution in [0, 0.1) is 0 Å². The molecule has 1 aromatic heterocycles. The Kier molecular flexibility index (Phi) is 5.92. The number of nitrogens with zero attached hydrogens (tertiary/aromatic N) is 1. The van der Waals surface area contributed by atoms with Crippen molar-refractivity contribution in [1.82, 2.24) is 4.98 Å². The van der Waals surface area contributed by atoms with Gasteiger partial charge in [-0.1, -0.05) is 12.1 Å². The van der Waals surface area contributed by atoms with Crippen LogP contribution in [0.5, 0.6) is 5.75 Å². The summed E-state index contributed by atoms with van der Waals surface area (Å²) in [5.74, 6) is -0.451. The molecule has 3 rings (SSSR count). The van der Waals surface area contributed by atoms with Crippen LogP contribution in [-0.2, 0) is 10.0 Å². The summed E-state index contributed by atoms with van der Waals surface area (Å²) in [5.41, 5.74) is 0.835. The van der Waals surface area contributed by atoms with Crippen LogP contribution in [-0.4, -0.2) is 32.3 Å². The summed E-state index contributed by atoms with van der Waals surface area (Å²) >= 11 is 1.08. The molecule has 2 amide bonds. The largest absolute Gasteiger partial charge is 0.495 e. The third-order valence-corrected chi connectivity index (χ3v) is 5.44. The number of thiazole rings is 1. The first-order chi connectivity index (χ1) is 13.8. The zero-order valence-corrected chi connectivity index (χ0v) is 16.7. The normalized spacial score (nSPS) is 11.0. The van der Waals surface area contributed by atoms with Gasteiger partial charge in [-0.3, -0.25) is 14.9 Å². The van der Waals surface area contributed by atoms with Gasteiger partial charge in [-0.05, 0) is 36.4 Å². The molecule has 0 bridgehead atoms. The van der Waals surface area contributed by atoms with Crippen molar-refractivity contribution < 1.29 is 22.7 Å². The van der Waals surface area contributed by atoms with E-state index in [1.54, 1.807) is 24.3 Å². The highest BCUT2D eigenvalue weighted by molar-refractivity contribution is 7.89. The number of carbonyl (C=O) groups excluding carboxylic acids is 2. The predicted octanol–water partition coefficient (Wildman–Crippen LogP) is 2.30. The summed E-state index contributed by atoms with van der Waals surface area (Å²) in [6.07, 6.45) is 0. The van der Waals surface area contributed by atoms with E-state index in [0.29, 0.717) is 11.4 Å². The van der Waals surface area contributed by atoms with E-state index in [-0.39, 0.29) is 21.3 Å². The molecule has 0 saturated heterocycles. The number of rotatable bonds is 6. The zero-order chi connectivity index (χ0) is 21.0. The molecule has 1 heterocycles. The predicted molar refractivity (Wildman–Crippen MR) is 109 cm³/mol. The maximum Gasteiger partial charge on any atom is 0.275 e. The Morgan fingerprint density at radius 3 is 2.38 bits per heavy atom. The smallest absolute Gasteiger partial charge is 0.275 e. The second-order valence-corrected chi connectivity index (χ2v) is 8.14. The number of methoxy groups -OCH3 is 1. The van der Waals surface area contributed by atoms with E-state index in [2.05, 4.69) is 15.6 Å². The summed E-state index contributed by atoms with van der Waals surface area (Å²) in [5, 5.41) is 12.0. The van der Waals surface area contributed by atoms with Gasteiger partial charge in [-0.2, -0.15) is 0 Å². The van der Waals surface area contributed by atoms with Gasteiger partial charge in [0, 0.05) is 10.9 Å². The van der Waals surface area contributed by atoms with Gasteiger partial charge in [0.05, 0.1) is 17.7 Å². The molecule has 3 aromatic rings. The van der Waals surface area contributed by atoms with E-state index < -0.39 is 21.8 Å². The molecule has 29 heavy (non-hydrogen) atoms. The van der Waals surface area contributed by atoms with Crippen LogP contribution in [0.15, 0.2) is 58.8 Å². The van der Waals surface area contributed by atoms with E-state index in [9.17, 15) is 18.0 Å². The number of ether oxygens (including phenoxy) is 1. The summed E-state index contributed by atoms with van der Waals surface area (Å²) in [6, 6.07) is 12.1. The van der Waals surface area contributed by atoms with Crippen molar-refractivity contribution in [2.24, 2.45) is 5.14 Å². The lowest BCUT2D eigenvalue weighted by atomic mass is 10.2. The lowest BCUT2D eigenvalue weighted by Crippen LogP contribution is -2.15. The number of hydrogen-bond donors (Lipinski definition) is 3. The molecule has 0 saturated carbocycles. The van der Waals surface area contributed by atoms with Gasteiger partial charge in [0.1, 0.15) is 11.4 Å². The van der Waals surface area contributed by atoms with E-state index in [1.807, 2.05) is 0 Å². The van der Waals surface area contributed by atoms with Crippen LogP contribution < -0.4 is 20.5 Å². The number of amides is 2. The fourth-order valence-corrected chi connectivity index (χ4v) is 3.54. The Morgan fingerprint density at radius 2 is 1.72 bits per heavy atom. The van der Waals surface area contributed by atoms with Crippen LogP contribution in [0.4, 0.5) is 10.8 Å². The van der Waals surface area contributed by atoms with E-state index in [1.165, 1.54) is 36.8 Å². The van der Waals surface area contributed by atoms with Crippen LogP contribution in [0.1, 0.15) is 20.8 Å². The van der Waals surface area contributed by atoms with Crippen LogP contribution >= 0.6 is 11.3 Å². The maximum absolute atomic E-state index is 12.4. The fourth-order valence-electron chi connectivity index (χ4n) is 2.33. The lowest BCUT2D eigenvalue weighted by molar-refractivity contribution is 0.101. The number of benzene rings is 2. The lowest BCUT2D eigenvalue weighted by Gasteiger charge is -2.08. The van der Waals surface area contributed by atoms with Gasteiger partial charge in [-0.15, -0.1) is 11.3 Å². The minimum absolute atomic E-state index is 0.0985. The second kappa shape index (κ2) is 8.39. The molecular weight excluding hydrogens is 416 g/mol. The molecule has 0 atom stereocenters. The second-order valence-electron chi connectivity index (χ2n) is 5.72. The number of carbonyl (C=O) groups is 2. The topological polar surface area (TPSA) is 140 Å². The first kappa shape index (κ1) is 20.5. The number of aromatic nitrogens is 1. The zero-order valence-electron chi connectivity index (χ0n) is 15.1. The monoisotopic (exact) mass is 432 g/mol. The summed E-state index contributed by atoms with van der Waals surface area (Å²) in [7, 11) is -2.34. The SMILES string of the molecule is COc1ccccc1NC(=O)c1csc(NC(=O)c2ccc(S(N)(=O)=O)cc2)n1. The number of para-hydroxylation sites is 2. The van der Waals surface area contributed by atoms with Gasteiger partial charge < -0.3 is 10.1 Å². The molecule has 11 heteroatoms. The highest BCUT2D eigenvalue weighted by atomic mass is 32.2. The van der Waals surface area contributed by atoms with Crippen LogP contribution in [0.3, 0.4) is 0 Å². The third-order valence-electron chi connectivity index (χ3n) is 3.76. The van der Waals surface area contributed by atoms with Crippen LogP contribution in [0.2, 0.25) is 0 Å². The molecular formula is C18H16N4O5S2. The molecule has 0 aliphatic rings. The Labute approximate surface area is 170 Å². The number of hydrogen-bond acceptors (Lipinski definition) is 7. The summed E-state index contributed by atoms with van der Waals surface area (Å²) in [4.78, 5) is 28.7. The average molecular weight is 432 g/mol. The van der Waals surface area contributed by atoms with Gasteiger partial charge >= 0.3 is 0 Å². The van der Waals surface area contributed by atoms with Gasteiger partial charge in [-0.25, -0.2) is 18.5 Å². The van der Waals surface area contributed by atoms with Gasteiger partial charge in [0.2, 0.25) is 10.0 Å². The molecule has 0 fully saturated rings. The Hall–Kier alpha value is -3.28. The van der Waals surface area contributed by atoms with Crippen molar-refractivity contribution in [2.45, 2.75) is 4.90 Å². The minimum Gasteiger partial charge on any atom is -0.495 e. The summed E-state index contributed by atoms with van der Waals surface area (Å²) in [6.45, 7) is 0. The number of sulfonamides is 1. The van der Waals surface area contributed by atoms with Crippen molar-refractivity contribution in [3.63, 3.8) is 0 Å². The highest BCUT2D eigenvalue weighted by Gasteiger charge is 2.16. The average Bonchev–Trinajstić information content (AvgIpc) is 3.16. The number of nitrogens with two attached hydrogens (primary N) is 1. The molecule has 4 N–H and O–H groups in total. The standard InChI is InChI=1S/C18H16N4O5S2/c1-27-15-5-3-2-4-13(15)20-17(24)14-10-28-18(21-14)22-16(23)11-6-8-12(9-7-11)29(19,25)26/h2-10H,1H3,(H,20,24)(H2,19,25,26)(H,21,22,23). The Balaban J connectivity index is 1.68.